The summed E-state index contributed by atoms with van der Waals surface area (Å²) >= 11 is 0. The lowest BCUT2D eigenvalue weighted by Gasteiger charge is -2.35. The molecule has 3 rings (SSSR count). The van der Waals surface area contributed by atoms with E-state index in [1.165, 1.54) is 44.9 Å². The van der Waals surface area contributed by atoms with Gasteiger partial charge in [-0.1, -0.05) is 19.3 Å². The minimum Gasteiger partial charge on any atom is -0.331 e. The number of aromatic nitrogens is 2. The molecular formula is C19H32N4O. The maximum atomic E-state index is 13.0. The van der Waals surface area contributed by atoms with Crippen LogP contribution in [0.4, 0.5) is 4.79 Å². The van der Waals surface area contributed by atoms with Crippen LogP contribution in [0.2, 0.25) is 0 Å². The molecule has 0 spiro atoms. The van der Waals surface area contributed by atoms with Crippen LogP contribution in [0.5, 0.6) is 0 Å². The van der Waals surface area contributed by atoms with Crippen LogP contribution >= 0.6 is 0 Å². The molecule has 0 bridgehead atoms. The van der Waals surface area contributed by atoms with Gasteiger partial charge in [0.25, 0.3) is 0 Å². The van der Waals surface area contributed by atoms with Crippen molar-refractivity contribution in [2.75, 3.05) is 6.54 Å². The largest absolute Gasteiger partial charge is 0.331 e. The van der Waals surface area contributed by atoms with E-state index in [-0.39, 0.29) is 12.1 Å². The van der Waals surface area contributed by atoms with Crippen LogP contribution in [0.3, 0.4) is 0 Å². The van der Waals surface area contributed by atoms with Gasteiger partial charge in [0.1, 0.15) is 0 Å². The summed E-state index contributed by atoms with van der Waals surface area (Å²) in [4.78, 5) is 15.2. The van der Waals surface area contributed by atoms with E-state index in [0.29, 0.717) is 6.04 Å². The van der Waals surface area contributed by atoms with Crippen molar-refractivity contribution in [2.24, 2.45) is 13.0 Å². The van der Waals surface area contributed by atoms with Crippen LogP contribution < -0.4 is 5.32 Å². The van der Waals surface area contributed by atoms with Gasteiger partial charge in [0.2, 0.25) is 0 Å². The summed E-state index contributed by atoms with van der Waals surface area (Å²) in [6.45, 7) is 7.11. The Hall–Kier alpha value is -1.52. The molecule has 0 saturated heterocycles. The van der Waals surface area contributed by atoms with Crippen LogP contribution in [0, 0.1) is 19.8 Å². The second-order valence-corrected chi connectivity index (χ2v) is 7.77. The number of urea groups is 1. The minimum atomic E-state index is -0.00325. The van der Waals surface area contributed by atoms with Gasteiger partial charge in [0.15, 0.2) is 0 Å². The molecule has 1 N–H and O–H groups in total. The molecule has 2 saturated carbocycles. The second kappa shape index (κ2) is 7.16. The summed E-state index contributed by atoms with van der Waals surface area (Å²) in [6, 6.07) is 0.545. The summed E-state index contributed by atoms with van der Waals surface area (Å²) in [5, 5.41) is 7.74. The van der Waals surface area contributed by atoms with Crippen LogP contribution in [-0.4, -0.2) is 33.3 Å². The smallest absolute Gasteiger partial charge is 0.318 e. The Morgan fingerprint density at radius 2 is 1.92 bits per heavy atom. The van der Waals surface area contributed by atoms with E-state index in [4.69, 9.17) is 0 Å². The molecule has 0 aliphatic heterocycles. The van der Waals surface area contributed by atoms with Gasteiger partial charge in [-0.3, -0.25) is 4.68 Å². The van der Waals surface area contributed by atoms with Crippen molar-refractivity contribution in [2.45, 2.75) is 77.8 Å². The van der Waals surface area contributed by atoms with E-state index in [1.807, 2.05) is 18.7 Å². The molecule has 2 aliphatic rings. The SMILES string of the molecule is Cc1nn(C)c(C)c1[C@@H](C)NC(=O)N(CC1CC1)C1CCCCC1. The van der Waals surface area contributed by atoms with Crippen LogP contribution in [-0.2, 0) is 7.05 Å². The van der Waals surface area contributed by atoms with E-state index in [1.54, 1.807) is 0 Å². The topological polar surface area (TPSA) is 50.2 Å². The van der Waals surface area contributed by atoms with E-state index in [9.17, 15) is 4.79 Å². The quantitative estimate of drug-likeness (QED) is 0.890. The number of amides is 2. The highest BCUT2D eigenvalue weighted by Crippen LogP contribution is 2.33. The number of carbonyl (C=O) groups excluding carboxylic acids is 1. The molecule has 134 valence electrons. The molecule has 0 unspecified atom stereocenters. The van der Waals surface area contributed by atoms with Gasteiger partial charge in [0.05, 0.1) is 11.7 Å². The molecule has 0 aromatic carbocycles. The number of aryl methyl sites for hydroxylation is 2. The normalized spacial score (nSPS) is 20.0. The first-order valence-electron chi connectivity index (χ1n) is 9.54. The number of hydrogen-bond acceptors (Lipinski definition) is 2. The van der Waals surface area contributed by atoms with Gasteiger partial charge in [-0.05, 0) is 52.4 Å². The van der Waals surface area contributed by atoms with E-state index in [0.717, 1.165) is 29.4 Å². The van der Waals surface area contributed by atoms with Gasteiger partial charge in [0, 0.05) is 30.9 Å². The first-order chi connectivity index (χ1) is 11.5. The number of carbonyl (C=O) groups is 1. The number of nitrogens with one attached hydrogen (secondary N) is 1. The fourth-order valence-corrected chi connectivity index (χ4v) is 4.13. The molecule has 1 aromatic rings. The Kier molecular flexibility index (Phi) is 5.16. The maximum absolute atomic E-state index is 13.0. The Balaban J connectivity index is 1.69. The Morgan fingerprint density at radius 1 is 1.25 bits per heavy atom. The van der Waals surface area contributed by atoms with Crippen molar-refractivity contribution >= 4 is 6.03 Å². The molecule has 2 fully saturated rings. The zero-order valence-electron chi connectivity index (χ0n) is 15.6. The standard InChI is InChI=1S/C19H32N4O/c1-13(18-14(2)21-22(4)15(18)3)20-19(24)23(12-16-10-11-16)17-8-6-5-7-9-17/h13,16-17H,5-12H2,1-4H3,(H,20,24)/t13-/m1/s1. The van der Waals surface area contributed by atoms with E-state index < -0.39 is 0 Å². The molecule has 1 heterocycles. The predicted octanol–water partition coefficient (Wildman–Crippen LogP) is 3.85. The second-order valence-electron chi connectivity index (χ2n) is 7.77. The minimum absolute atomic E-state index is 0.00325. The number of hydrogen-bond donors (Lipinski definition) is 1. The monoisotopic (exact) mass is 332 g/mol. The summed E-state index contributed by atoms with van der Waals surface area (Å²) in [7, 11) is 1.96. The lowest BCUT2D eigenvalue weighted by molar-refractivity contribution is 0.149. The Labute approximate surface area is 145 Å². The number of rotatable bonds is 5. The molecule has 2 amide bonds. The molecule has 5 nitrogen and oxygen atoms in total. The fraction of sp³-hybridized carbons (Fsp3) is 0.789. The molecule has 1 atom stereocenters. The highest BCUT2D eigenvalue weighted by atomic mass is 16.2. The highest BCUT2D eigenvalue weighted by molar-refractivity contribution is 5.75. The van der Waals surface area contributed by atoms with E-state index >= 15 is 0 Å². The predicted molar refractivity (Wildman–Crippen MR) is 95.9 cm³/mol. The molecule has 0 radical (unpaired) electrons. The van der Waals surface area contributed by atoms with Gasteiger partial charge >= 0.3 is 6.03 Å². The molecule has 24 heavy (non-hydrogen) atoms. The molecule has 2 aliphatic carbocycles. The van der Waals surface area contributed by atoms with Gasteiger partial charge in [-0.2, -0.15) is 5.10 Å². The molecule has 5 heteroatoms. The van der Waals surface area contributed by atoms with Crippen molar-refractivity contribution in [1.82, 2.24) is 20.0 Å². The van der Waals surface area contributed by atoms with Crippen LogP contribution in [0.1, 0.15) is 74.9 Å². The van der Waals surface area contributed by atoms with Crippen LogP contribution in [0.25, 0.3) is 0 Å². The van der Waals surface area contributed by atoms with Gasteiger partial charge in [-0.15, -0.1) is 0 Å². The Morgan fingerprint density at radius 3 is 2.46 bits per heavy atom. The summed E-state index contributed by atoms with van der Waals surface area (Å²) in [6.07, 6.45) is 8.74. The van der Waals surface area contributed by atoms with Crippen molar-refractivity contribution in [1.29, 1.82) is 0 Å². The summed E-state index contributed by atoms with van der Waals surface area (Å²) in [5.74, 6) is 0.731. The Bertz CT molecular complexity index is 584. The first-order valence-corrected chi connectivity index (χ1v) is 9.54. The van der Waals surface area contributed by atoms with Gasteiger partial charge < -0.3 is 10.2 Å². The third-order valence-corrected chi connectivity index (χ3v) is 5.77. The average Bonchev–Trinajstić information content (AvgIpc) is 3.33. The highest BCUT2D eigenvalue weighted by Gasteiger charge is 2.32. The zero-order valence-corrected chi connectivity index (χ0v) is 15.6. The lowest BCUT2D eigenvalue weighted by Crippen LogP contribution is -2.48. The summed E-state index contributed by atoms with van der Waals surface area (Å²) in [5.41, 5.74) is 3.29. The maximum Gasteiger partial charge on any atom is 0.318 e. The van der Waals surface area contributed by atoms with Crippen molar-refractivity contribution in [3.63, 3.8) is 0 Å². The van der Waals surface area contributed by atoms with Crippen molar-refractivity contribution in [3.05, 3.63) is 17.0 Å². The molecular weight excluding hydrogens is 300 g/mol. The fourth-order valence-electron chi connectivity index (χ4n) is 4.13. The van der Waals surface area contributed by atoms with Crippen LogP contribution in [0.15, 0.2) is 0 Å². The summed E-state index contributed by atoms with van der Waals surface area (Å²) < 4.78 is 1.90. The van der Waals surface area contributed by atoms with Crippen molar-refractivity contribution < 1.29 is 4.79 Å². The molecule has 1 aromatic heterocycles. The third-order valence-electron chi connectivity index (χ3n) is 5.77. The van der Waals surface area contributed by atoms with Crippen molar-refractivity contribution in [3.8, 4) is 0 Å². The third kappa shape index (κ3) is 3.76. The van der Waals surface area contributed by atoms with E-state index in [2.05, 4.69) is 29.2 Å². The lowest BCUT2D eigenvalue weighted by atomic mass is 9.94. The van der Waals surface area contributed by atoms with Gasteiger partial charge in [-0.25, -0.2) is 4.79 Å². The first kappa shape index (κ1) is 17.3. The zero-order chi connectivity index (χ0) is 17.3. The average molecular weight is 332 g/mol. The number of nitrogens with zero attached hydrogens (tertiary/aromatic N) is 3.